The van der Waals surface area contributed by atoms with Gasteiger partial charge in [0.25, 0.3) is 11.5 Å². The van der Waals surface area contributed by atoms with Gasteiger partial charge in [0.1, 0.15) is 16.5 Å². The van der Waals surface area contributed by atoms with Crippen LogP contribution in [0.2, 0.25) is 0 Å². The second kappa shape index (κ2) is 10.7. The van der Waals surface area contributed by atoms with E-state index < -0.39 is 17.4 Å². The van der Waals surface area contributed by atoms with Gasteiger partial charge in [-0.2, -0.15) is 9.78 Å². The monoisotopic (exact) mass is 557 g/mol. The number of fused-ring (bicyclic) bond motifs is 1. The summed E-state index contributed by atoms with van der Waals surface area (Å²) >= 11 is 4.47. The molecule has 9 nitrogen and oxygen atoms in total. The summed E-state index contributed by atoms with van der Waals surface area (Å²) in [7, 11) is 1.54. The molecule has 0 bridgehead atoms. The number of nitrogens with zero attached hydrogens (tertiary/aromatic N) is 2. The molecule has 0 atom stereocenters. The van der Waals surface area contributed by atoms with Crippen molar-refractivity contribution in [3.05, 3.63) is 74.4 Å². The molecule has 0 aliphatic rings. The molecule has 2 aromatic carbocycles. The van der Waals surface area contributed by atoms with Crippen molar-refractivity contribution in [2.45, 2.75) is 6.92 Å². The molecule has 180 valence electrons. The maximum Gasteiger partial charge on any atom is 0.359 e. The Morgan fingerprint density at radius 1 is 1.14 bits per heavy atom. The number of benzene rings is 2. The van der Waals surface area contributed by atoms with Crippen molar-refractivity contribution in [2.24, 2.45) is 0 Å². The van der Waals surface area contributed by atoms with E-state index in [1.165, 1.54) is 7.11 Å². The minimum absolute atomic E-state index is 0.0197. The lowest BCUT2D eigenvalue weighted by atomic mass is 10.2. The number of aromatic nitrogens is 2. The summed E-state index contributed by atoms with van der Waals surface area (Å²) in [6.07, 6.45) is 0. The van der Waals surface area contributed by atoms with Gasteiger partial charge in [-0.15, -0.1) is 11.3 Å². The number of esters is 1. The summed E-state index contributed by atoms with van der Waals surface area (Å²) in [4.78, 5) is 38.7. The third-order valence-corrected chi connectivity index (χ3v) is 6.28. The lowest BCUT2D eigenvalue weighted by Gasteiger charge is -2.10. The number of thiophene rings is 1. The summed E-state index contributed by atoms with van der Waals surface area (Å²) in [5, 5.41) is 9.33. The second-order valence-corrected chi connectivity index (χ2v) is 8.93. The standard InChI is InChI=1S/C24H20BrN3O6S/c1-3-33-24(31)21-18-13-35-22(26-19(29)12-34-17-6-4-5-16(11-17)32-2)20(18)23(30)28(27-21)15-9-7-14(25)8-10-15/h4-11,13H,3,12H2,1-2H3,(H,26,29). The van der Waals surface area contributed by atoms with Gasteiger partial charge < -0.3 is 19.5 Å². The van der Waals surface area contributed by atoms with Crippen LogP contribution in [-0.4, -0.2) is 42.0 Å². The van der Waals surface area contributed by atoms with E-state index in [9.17, 15) is 14.4 Å². The maximum atomic E-state index is 13.4. The van der Waals surface area contributed by atoms with Crippen molar-refractivity contribution in [2.75, 3.05) is 25.6 Å². The molecule has 2 heterocycles. The molecule has 0 unspecified atom stereocenters. The van der Waals surface area contributed by atoms with E-state index in [0.29, 0.717) is 22.6 Å². The Morgan fingerprint density at radius 2 is 1.89 bits per heavy atom. The van der Waals surface area contributed by atoms with Crippen LogP contribution in [-0.2, 0) is 9.53 Å². The van der Waals surface area contributed by atoms with Crippen molar-refractivity contribution >= 4 is 54.9 Å². The van der Waals surface area contributed by atoms with Crippen LogP contribution in [0.25, 0.3) is 16.5 Å². The number of hydrogen-bond acceptors (Lipinski definition) is 8. The topological polar surface area (TPSA) is 109 Å². The molecule has 4 aromatic rings. The number of carbonyl (C=O) groups excluding carboxylic acids is 2. The average Bonchev–Trinajstić information content (AvgIpc) is 3.28. The molecule has 0 radical (unpaired) electrons. The van der Waals surface area contributed by atoms with Gasteiger partial charge in [0, 0.05) is 21.3 Å². The molecule has 0 saturated carbocycles. The van der Waals surface area contributed by atoms with Gasteiger partial charge >= 0.3 is 5.97 Å². The minimum atomic E-state index is -0.666. The lowest BCUT2D eigenvalue weighted by molar-refractivity contribution is -0.118. The number of amides is 1. The Kier molecular flexibility index (Phi) is 7.47. The van der Waals surface area contributed by atoms with Crippen molar-refractivity contribution in [3.63, 3.8) is 0 Å². The Labute approximate surface area is 212 Å². The van der Waals surface area contributed by atoms with E-state index in [1.807, 2.05) is 0 Å². The Balaban J connectivity index is 1.69. The molecule has 0 spiro atoms. The first-order chi connectivity index (χ1) is 16.9. The molecule has 35 heavy (non-hydrogen) atoms. The predicted octanol–water partition coefficient (Wildman–Crippen LogP) is 4.41. The van der Waals surface area contributed by atoms with E-state index in [0.717, 1.165) is 20.5 Å². The molecule has 0 aliphatic heterocycles. The van der Waals surface area contributed by atoms with Crippen LogP contribution in [0, 0.1) is 0 Å². The molecule has 11 heteroatoms. The van der Waals surface area contributed by atoms with E-state index >= 15 is 0 Å². The highest BCUT2D eigenvalue weighted by Gasteiger charge is 2.23. The second-order valence-electron chi connectivity index (χ2n) is 7.13. The number of hydrogen-bond donors (Lipinski definition) is 1. The fourth-order valence-electron chi connectivity index (χ4n) is 3.25. The quantitative estimate of drug-likeness (QED) is 0.319. The van der Waals surface area contributed by atoms with E-state index in [-0.39, 0.29) is 29.3 Å². The molecular formula is C24H20BrN3O6S. The van der Waals surface area contributed by atoms with E-state index in [2.05, 4.69) is 26.3 Å². The molecule has 1 amide bonds. The summed E-state index contributed by atoms with van der Waals surface area (Å²) in [6.45, 7) is 1.54. The van der Waals surface area contributed by atoms with Gasteiger partial charge in [-0.3, -0.25) is 9.59 Å². The number of anilines is 1. The zero-order valence-electron chi connectivity index (χ0n) is 18.7. The smallest absolute Gasteiger partial charge is 0.359 e. The molecule has 0 fully saturated rings. The SMILES string of the molecule is CCOC(=O)c1nn(-c2ccc(Br)cc2)c(=O)c2c(NC(=O)COc3cccc(OC)c3)scc12. The largest absolute Gasteiger partial charge is 0.497 e. The van der Waals surface area contributed by atoms with Gasteiger partial charge in [-0.1, -0.05) is 22.0 Å². The van der Waals surface area contributed by atoms with Crippen LogP contribution in [0.1, 0.15) is 17.4 Å². The summed E-state index contributed by atoms with van der Waals surface area (Å²) < 4.78 is 17.8. The Bertz CT molecular complexity index is 1450. The highest BCUT2D eigenvalue weighted by molar-refractivity contribution is 9.10. The molecule has 0 saturated heterocycles. The van der Waals surface area contributed by atoms with E-state index in [4.69, 9.17) is 14.2 Å². The van der Waals surface area contributed by atoms with Crippen LogP contribution in [0.5, 0.6) is 11.5 Å². The Morgan fingerprint density at radius 3 is 2.60 bits per heavy atom. The predicted molar refractivity (Wildman–Crippen MR) is 136 cm³/mol. The third kappa shape index (κ3) is 5.36. The van der Waals surface area contributed by atoms with Crippen molar-refractivity contribution in [1.29, 1.82) is 0 Å². The molecule has 0 aliphatic carbocycles. The maximum absolute atomic E-state index is 13.4. The van der Waals surface area contributed by atoms with Gasteiger partial charge in [-0.05, 0) is 43.3 Å². The molecule has 2 aromatic heterocycles. The average molecular weight is 558 g/mol. The van der Waals surface area contributed by atoms with Crippen LogP contribution in [0.4, 0.5) is 5.00 Å². The highest BCUT2D eigenvalue weighted by atomic mass is 79.9. The first kappa shape index (κ1) is 24.4. The highest BCUT2D eigenvalue weighted by Crippen LogP contribution is 2.31. The molecule has 1 N–H and O–H groups in total. The van der Waals surface area contributed by atoms with Gasteiger partial charge in [-0.25, -0.2) is 4.79 Å². The number of rotatable bonds is 8. The van der Waals surface area contributed by atoms with Gasteiger partial charge in [0.15, 0.2) is 12.3 Å². The summed E-state index contributed by atoms with van der Waals surface area (Å²) in [5.74, 6) is -0.0809. The fraction of sp³-hybridized carbons (Fsp3) is 0.167. The Hall–Kier alpha value is -3.70. The zero-order valence-corrected chi connectivity index (χ0v) is 21.1. The van der Waals surface area contributed by atoms with Gasteiger partial charge in [0.2, 0.25) is 0 Å². The first-order valence-corrected chi connectivity index (χ1v) is 12.1. The number of halogens is 1. The summed E-state index contributed by atoms with van der Waals surface area (Å²) in [5.41, 5.74) is -0.0510. The number of ether oxygens (including phenoxy) is 3. The fourth-order valence-corrected chi connectivity index (χ4v) is 4.47. The van der Waals surface area contributed by atoms with Crippen LogP contribution < -0.4 is 20.3 Å². The third-order valence-electron chi connectivity index (χ3n) is 4.86. The lowest BCUT2D eigenvalue weighted by Crippen LogP contribution is -2.26. The summed E-state index contributed by atoms with van der Waals surface area (Å²) in [6, 6.07) is 13.7. The number of methoxy groups -OCH3 is 1. The van der Waals surface area contributed by atoms with Crippen LogP contribution in [0.15, 0.2) is 63.2 Å². The molecule has 4 rings (SSSR count). The number of nitrogens with one attached hydrogen (secondary N) is 1. The van der Waals surface area contributed by atoms with Crippen molar-refractivity contribution in [1.82, 2.24) is 9.78 Å². The first-order valence-electron chi connectivity index (χ1n) is 10.5. The van der Waals surface area contributed by atoms with Crippen LogP contribution in [0.3, 0.4) is 0 Å². The minimum Gasteiger partial charge on any atom is -0.497 e. The normalized spacial score (nSPS) is 10.7. The van der Waals surface area contributed by atoms with Crippen molar-refractivity contribution in [3.8, 4) is 17.2 Å². The van der Waals surface area contributed by atoms with Crippen LogP contribution >= 0.6 is 27.3 Å². The van der Waals surface area contributed by atoms with Gasteiger partial charge in [0.05, 0.1) is 24.8 Å². The number of carbonyl (C=O) groups is 2. The van der Waals surface area contributed by atoms with E-state index in [1.54, 1.807) is 60.8 Å². The van der Waals surface area contributed by atoms with Crippen molar-refractivity contribution < 1.29 is 23.8 Å². The zero-order chi connectivity index (χ0) is 24.9. The molecular weight excluding hydrogens is 538 g/mol.